The fourth-order valence-corrected chi connectivity index (χ4v) is 1.71. The lowest BCUT2D eigenvalue weighted by atomic mass is 10.4. The first-order valence-corrected chi connectivity index (χ1v) is 3.89. The predicted octanol–water partition coefficient (Wildman–Crippen LogP) is 1.46. The second kappa shape index (κ2) is 2.48. The summed E-state index contributed by atoms with van der Waals surface area (Å²) < 4.78 is -1.23. The van der Waals surface area contributed by atoms with E-state index >= 15 is 0 Å². The smallest absolute Gasteiger partial charge is 0.226 e. The zero-order chi connectivity index (χ0) is 6.91. The van der Waals surface area contributed by atoms with Gasteiger partial charge in [0.15, 0.2) is 0 Å². The SMILES string of the molecule is O=CC1SC=NC1(Cl)Cl. The van der Waals surface area contributed by atoms with Crippen LogP contribution in [0.2, 0.25) is 0 Å². The first kappa shape index (κ1) is 7.38. The summed E-state index contributed by atoms with van der Waals surface area (Å²) in [4.78, 5) is 13.8. The molecule has 1 aliphatic heterocycles. The summed E-state index contributed by atoms with van der Waals surface area (Å²) in [5.74, 6) is 0. The van der Waals surface area contributed by atoms with Crippen molar-refractivity contribution in [3.8, 4) is 0 Å². The maximum atomic E-state index is 10.2. The van der Waals surface area contributed by atoms with Crippen LogP contribution in [-0.4, -0.2) is 21.5 Å². The number of halogens is 2. The van der Waals surface area contributed by atoms with Gasteiger partial charge in [-0.1, -0.05) is 35.0 Å². The summed E-state index contributed by atoms with van der Waals surface area (Å²) in [5, 5.41) is -0.444. The van der Waals surface area contributed by atoms with Crippen LogP contribution in [0.1, 0.15) is 0 Å². The maximum Gasteiger partial charge on any atom is 0.226 e. The first-order chi connectivity index (χ1) is 4.17. The number of alkyl halides is 2. The van der Waals surface area contributed by atoms with Crippen molar-refractivity contribution in [2.24, 2.45) is 4.99 Å². The molecule has 1 rings (SSSR count). The summed E-state index contributed by atoms with van der Waals surface area (Å²) in [7, 11) is 0. The van der Waals surface area contributed by atoms with Gasteiger partial charge >= 0.3 is 0 Å². The fourth-order valence-electron chi connectivity index (χ4n) is 0.436. The quantitative estimate of drug-likeness (QED) is 0.350. The summed E-state index contributed by atoms with van der Waals surface area (Å²) in [5.41, 5.74) is 1.49. The van der Waals surface area contributed by atoms with Crippen LogP contribution in [-0.2, 0) is 4.79 Å². The van der Waals surface area contributed by atoms with Crippen molar-refractivity contribution >= 4 is 46.8 Å². The monoisotopic (exact) mass is 183 g/mol. The Morgan fingerprint density at radius 2 is 2.44 bits per heavy atom. The highest BCUT2D eigenvalue weighted by molar-refractivity contribution is 8.13. The van der Waals surface area contributed by atoms with Crippen molar-refractivity contribution in [2.45, 2.75) is 9.71 Å². The molecule has 1 unspecified atom stereocenters. The van der Waals surface area contributed by atoms with E-state index in [9.17, 15) is 4.79 Å². The van der Waals surface area contributed by atoms with Gasteiger partial charge in [-0.15, -0.1) is 0 Å². The van der Waals surface area contributed by atoms with Crippen molar-refractivity contribution in [1.82, 2.24) is 0 Å². The molecule has 0 N–H and O–H groups in total. The Balaban J connectivity index is 2.71. The zero-order valence-corrected chi connectivity index (χ0v) is 6.58. The minimum Gasteiger partial charge on any atom is -0.302 e. The molecular formula is C4H3Cl2NOS. The van der Waals surface area contributed by atoms with E-state index in [2.05, 4.69) is 4.99 Å². The Morgan fingerprint density at radius 1 is 1.78 bits per heavy atom. The van der Waals surface area contributed by atoms with Crippen molar-refractivity contribution < 1.29 is 4.79 Å². The highest BCUT2D eigenvalue weighted by Crippen LogP contribution is 2.37. The molecule has 0 saturated carbocycles. The summed E-state index contributed by atoms with van der Waals surface area (Å²) in [6.07, 6.45) is 0.692. The van der Waals surface area contributed by atoms with Crippen molar-refractivity contribution in [1.29, 1.82) is 0 Å². The highest BCUT2D eigenvalue weighted by Gasteiger charge is 2.37. The Kier molecular flexibility index (Phi) is 2.03. The zero-order valence-electron chi connectivity index (χ0n) is 4.25. The van der Waals surface area contributed by atoms with Gasteiger partial charge in [-0.05, 0) is 0 Å². The molecule has 0 spiro atoms. The molecule has 0 aliphatic carbocycles. The third-order valence-electron chi connectivity index (χ3n) is 0.898. The van der Waals surface area contributed by atoms with Gasteiger partial charge in [-0.2, -0.15) is 0 Å². The molecule has 0 saturated heterocycles. The molecule has 0 aromatic heterocycles. The minimum atomic E-state index is -1.23. The lowest BCUT2D eigenvalue weighted by Gasteiger charge is -2.11. The van der Waals surface area contributed by atoms with E-state index in [-0.39, 0.29) is 0 Å². The predicted molar refractivity (Wildman–Crippen MR) is 40.4 cm³/mol. The van der Waals surface area contributed by atoms with Crippen LogP contribution >= 0.6 is 35.0 Å². The van der Waals surface area contributed by atoms with Crippen LogP contribution in [0.25, 0.3) is 0 Å². The largest absolute Gasteiger partial charge is 0.302 e. The number of aldehydes is 1. The molecule has 5 heteroatoms. The van der Waals surface area contributed by atoms with Crippen LogP contribution < -0.4 is 0 Å². The second-order valence-corrected chi connectivity index (χ2v) is 3.85. The van der Waals surface area contributed by atoms with E-state index in [1.165, 1.54) is 17.3 Å². The third-order valence-corrected chi connectivity index (χ3v) is 2.79. The molecule has 2 nitrogen and oxygen atoms in total. The fraction of sp³-hybridized carbons (Fsp3) is 0.500. The van der Waals surface area contributed by atoms with E-state index in [0.29, 0.717) is 6.29 Å². The van der Waals surface area contributed by atoms with Gasteiger partial charge < -0.3 is 4.79 Å². The maximum absolute atomic E-state index is 10.2. The number of hydrogen-bond acceptors (Lipinski definition) is 3. The van der Waals surface area contributed by atoms with E-state index in [1.54, 1.807) is 0 Å². The Hall–Kier alpha value is 0.270. The number of thioether (sulfide) groups is 1. The average molecular weight is 184 g/mol. The second-order valence-electron chi connectivity index (χ2n) is 1.52. The lowest BCUT2D eigenvalue weighted by molar-refractivity contribution is -0.107. The van der Waals surface area contributed by atoms with Crippen LogP contribution in [0.4, 0.5) is 0 Å². The van der Waals surface area contributed by atoms with Crippen molar-refractivity contribution in [3.05, 3.63) is 0 Å². The van der Waals surface area contributed by atoms with E-state index in [4.69, 9.17) is 23.2 Å². The van der Waals surface area contributed by atoms with Gasteiger partial charge in [0, 0.05) is 0 Å². The molecule has 0 radical (unpaired) electrons. The number of nitrogens with zero attached hydrogens (tertiary/aromatic N) is 1. The molecule has 1 heterocycles. The molecule has 50 valence electrons. The summed E-state index contributed by atoms with van der Waals surface area (Å²) in [6.45, 7) is 0. The topological polar surface area (TPSA) is 29.4 Å². The molecule has 0 amide bonds. The first-order valence-electron chi connectivity index (χ1n) is 2.19. The van der Waals surface area contributed by atoms with Gasteiger partial charge in [0.05, 0.1) is 5.55 Å². The Morgan fingerprint density at radius 3 is 2.67 bits per heavy atom. The molecule has 1 atom stereocenters. The number of carbonyl (C=O) groups is 1. The minimum absolute atomic E-state index is 0.444. The van der Waals surface area contributed by atoms with Crippen molar-refractivity contribution in [2.75, 3.05) is 0 Å². The Labute approximate surface area is 66.6 Å². The van der Waals surface area contributed by atoms with E-state index < -0.39 is 9.71 Å². The molecule has 9 heavy (non-hydrogen) atoms. The summed E-state index contributed by atoms with van der Waals surface area (Å²) >= 11 is 12.3. The molecule has 0 bridgehead atoms. The van der Waals surface area contributed by atoms with E-state index in [0.717, 1.165) is 0 Å². The van der Waals surface area contributed by atoms with Crippen LogP contribution in [0.3, 0.4) is 0 Å². The molecule has 0 fully saturated rings. The molecule has 0 aromatic carbocycles. The standard InChI is InChI=1S/C4H3Cl2NOS/c5-4(6)3(1-8)9-2-7-4/h1-3H. The highest BCUT2D eigenvalue weighted by atomic mass is 35.5. The van der Waals surface area contributed by atoms with Crippen LogP contribution in [0.5, 0.6) is 0 Å². The van der Waals surface area contributed by atoms with Crippen LogP contribution in [0, 0.1) is 0 Å². The number of rotatable bonds is 1. The summed E-state index contributed by atoms with van der Waals surface area (Å²) in [6, 6.07) is 0. The van der Waals surface area contributed by atoms with Gasteiger partial charge in [-0.3, -0.25) is 0 Å². The average Bonchev–Trinajstić information content (AvgIpc) is 2.08. The van der Waals surface area contributed by atoms with Gasteiger partial charge in [0.2, 0.25) is 4.46 Å². The molecule has 0 aromatic rings. The van der Waals surface area contributed by atoms with Gasteiger partial charge in [0.1, 0.15) is 11.5 Å². The molecular weight excluding hydrogens is 181 g/mol. The van der Waals surface area contributed by atoms with E-state index in [1.807, 2.05) is 0 Å². The Bertz CT molecular complexity index is 159. The molecule has 1 aliphatic rings. The number of aliphatic imine (C=N–C) groups is 1. The number of carbonyl (C=O) groups excluding carboxylic acids is 1. The normalized spacial score (nSPS) is 30.7. The van der Waals surface area contributed by atoms with Gasteiger partial charge in [0.25, 0.3) is 0 Å². The lowest BCUT2D eigenvalue weighted by Crippen LogP contribution is -2.23. The van der Waals surface area contributed by atoms with Gasteiger partial charge in [-0.25, -0.2) is 4.99 Å². The van der Waals surface area contributed by atoms with Crippen molar-refractivity contribution in [3.63, 3.8) is 0 Å². The number of hydrogen-bond donors (Lipinski definition) is 0. The van der Waals surface area contributed by atoms with Crippen LogP contribution in [0.15, 0.2) is 4.99 Å². The third kappa shape index (κ3) is 1.39.